The summed E-state index contributed by atoms with van der Waals surface area (Å²) in [6.45, 7) is 1.73. The smallest absolute Gasteiger partial charge is 0.325 e. The fourth-order valence-electron chi connectivity index (χ4n) is 1.06. The highest BCUT2D eigenvalue weighted by Gasteiger charge is 2.29. The van der Waals surface area contributed by atoms with E-state index >= 15 is 0 Å². The summed E-state index contributed by atoms with van der Waals surface area (Å²) in [6, 6.07) is 1.57. The van der Waals surface area contributed by atoms with E-state index < -0.39 is 12.6 Å². The van der Waals surface area contributed by atoms with Crippen molar-refractivity contribution in [3.8, 4) is 0 Å². The lowest BCUT2D eigenvalue weighted by atomic mass is 10.3. The number of rotatable bonds is 2. The average molecular weight is 205 g/mol. The molecule has 0 spiro atoms. The molecule has 6 heteroatoms. The molecule has 0 aliphatic rings. The van der Waals surface area contributed by atoms with Crippen LogP contribution in [0.1, 0.15) is 17.2 Å². The zero-order valence-electron chi connectivity index (χ0n) is 7.60. The summed E-state index contributed by atoms with van der Waals surface area (Å²) in [7, 11) is 0. The highest BCUT2D eigenvalue weighted by molar-refractivity contribution is 5.10. The summed E-state index contributed by atoms with van der Waals surface area (Å²) in [5, 5.41) is 0. The molecular weight excluding hydrogens is 195 g/mol. The maximum Gasteiger partial charge on any atom is 0.396 e. The fraction of sp³-hybridized carbons (Fsp3) is 0.500. The normalized spacial score (nSPS) is 11.8. The van der Waals surface area contributed by atoms with Gasteiger partial charge in [-0.1, -0.05) is 0 Å². The zero-order valence-corrected chi connectivity index (χ0v) is 7.60. The van der Waals surface area contributed by atoms with Gasteiger partial charge in [0.1, 0.15) is 12.2 Å². The van der Waals surface area contributed by atoms with Crippen LogP contribution in [0.25, 0.3) is 0 Å². The molecular formula is C8H10F3N3. The molecule has 0 aliphatic carbocycles. The highest BCUT2D eigenvalue weighted by Crippen LogP contribution is 2.19. The number of hydrogen-bond acceptors (Lipinski definition) is 3. The van der Waals surface area contributed by atoms with E-state index in [1.54, 1.807) is 13.0 Å². The molecule has 3 nitrogen and oxygen atoms in total. The molecule has 0 aliphatic heterocycles. The Balaban J connectivity index is 2.92. The molecule has 0 radical (unpaired) electrons. The van der Waals surface area contributed by atoms with Crippen molar-refractivity contribution in [2.75, 3.05) is 0 Å². The Kier molecular flexibility index (Phi) is 3.05. The third-order valence-corrected chi connectivity index (χ3v) is 1.52. The lowest BCUT2D eigenvalue weighted by molar-refractivity contribution is -0.128. The summed E-state index contributed by atoms with van der Waals surface area (Å²) < 4.78 is 36.0. The van der Waals surface area contributed by atoms with Gasteiger partial charge < -0.3 is 5.73 Å². The van der Waals surface area contributed by atoms with Crippen molar-refractivity contribution in [1.29, 1.82) is 0 Å². The van der Waals surface area contributed by atoms with E-state index in [4.69, 9.17) is 5.73 Å². The van der Waals surface area contributed by atoms with E-state index in [1.807, 2.05) is 0 Å². The first kappa shape index (κ1) is 10.9. The molecule has 1 rings (SSSR count). The summed E-state index contributed by atoms with van der Waals surface area (Å²) >= 11 is 0. The van der Waals surface area contributed by atoms with Crippen LogP contribution in [0.5, 0.6) is 0 Å². The molecule has 14 heavy (non-hydrogen) atoms. The van der Waals surface area contributed by atoms with Crippen molar-refractivity contribution in [2.24, 2.45) is 5.73 Å². The van der Waals surface area contributed by atoms with Crippen molar-refractivity contribution in [1.82, 2.24) is 9.97 Å². The van der Waals surface area contributed by atoms with Crippen molar-refractivity contribution < 1.29 is 13.2 Å². The minimum atomic E-state index is -4.28. The maximum atomic E-state index is 12.0. The molecule has 1 aromatic rings. The summed E-state index contributed by atoms with van der Waals surface area (Å²) in [5.41, 5.74) is 6.21. The number of halogens is 3. The molecule has 1 aromatic heterocycles. The third-order valence-electron chi connectivity index (χ3n) is 1.52. The van der Waals surface area contributed by atoms with Crippen LogP contribution in [0, 0.1) is 6.92 Å². The van der Waals surface area contributed by atoms with Crippen molar-refractivity contribution in [3.63, 3.8) is 0 Å². The molecule has 0 saturated heterocycles. The van der Waals surface area contributed by atoms with Crippen molar-refractivity contribution in [2.45, 2.75) is 26.1 Å². The SMILES string of the molecule is Cc1cc(CN)nc(CC(F)(F)F)n1. The molecule has 0 aromatic carbocycles. The van der Waals surface area contributed by atoms with Crippen molar-refractivity contribution >= 4 is 0 Å². The van der Waals surface area contributed by atoms with Gasteiger partial charge in [0.15, 0.2) is 0 Å². The molecule has 0 fully saturated rings. The number of hydrogen-bond donors (Lipinski definition) is 1. The highest BCUT2D eigenvalue weighted by atomic mass is 19.4. The Morgan fingerprint density at radius 1 is 1.36 bits per heavy atom. The second kappa shape index (κ2) is 3.91. The van der Waals surface area contributed by atoms with Crippen LogP contribution in [0.3, 0.4) is 0 Å². The molecule has 1 heterocycles. The molecule has 0 unspecified atom stereocenters. The largest absolute Gasteiger partial charge is 0.396 e. The van der Waals surface area contributed by atoms with Crippen LogP contribution in [0.2, 0.25) is 0 Å². The molecule has 0 amide bonds. The summed E-state index contributed by atoms with van der Waals surface area (Å²) in [6.07, 6.45) is -5.39. The quantitative estimate of drug-likeness (QED) is 0.792. The van der Waals surface area contributed by atoms with E-state index in [-0.39, 0.29) is 12.4 Å². The zero-order chi connectivity index (χ0) is 10.8. The van der Waals surface area contributed by atoms with Crippen LogP contribution in [-0.2, 0) is 13.0 Å². The lowest BCUT2D eigenvalue weighted by Gasteiger charge is -2.06. The van der Waals surface area contributed by atoms with Crippen LogP contribution in [0.15, 0.2) is 6.07 Å². The van der Waals surface area contributed by atoms with Gasteiger partial charge in [0, 0.05) is 12.2 Å². The number of aryl methyl sites for hydroxylation is 1. The van der Waals surface area contributed by atoms with Gasteiger partial charge in [0.2, 0.25) is 0 Å². The molecule has 0 saturated carbocycles. The van der Waals surface area contributed by atoms with Crippen LogP contribution < -0.4 is 5.73 Å². The number of aromatic nitrogens is 2. The van der Waals surface area contributed by atoms with Crippen LogP contribution in [-0.4, -0.2) is 16.1 Å². The van der Waals surface area contributed by atoms with E-state index in [1.165, 1.54) is 0 Å². The van der Waals surface area contributed by atoms with E-state index in [0.29, 0.717) is 11.4 Å². The van der Waals surface area contributed by atoms with Gasteiger partial charge in [-0.3, -0.25) is 0 Å². The van der Waals surface area contributed by atoms with E-state index in [0.717, 1.165) is 0 Å². The first-order valence-corrected chi connectivity index (χ1v) is 4.01. The second-order valence-corrected chi connectivity index (χ2v) is 2.91. The molecule has 0 bridgehead atoms. The predicted molar refractivity (Wildman–Crippen MR) is 44.4 cm³/mol. The lowest BCUT2D eigenvalue weighted by Crippen LogP contribution is -2.16. The second-order valence-electron chi connectivity index (χ2n) is 2.91. The summed E-state index contributed by atoms with van der Waals surface area (Å²) in [4.78, 5) is 7.36. The summed E-state index contributed by atoms with van der Waals surface area (Å²) in [5.74, 6) is -0.224. The van der Waals surface area contributed by atoms with Gasteiger partial charge in [0.25, 0.3) is 0 Å². The monoisotopic (exact) mass is 205 g/mol. The third kappa shape index (κ3) is 3.29. The van der Waals surface area contributed by atoms with Gasteiger partial charge in [-0.2, -0.15) is 13.2 Å². The fourth-order valence-corrected chi connectivity index (χ4v) is 1.06. The van der Waals surface area contributed by atoms with Crippen LogP contribution in [0.4, 0.5) is 13.2 Å². The Bertz CT molecular complexity index is 322. The Labute approximate surface area is 79.2 Å². The van der Waals surface area contributed by atoms with E-state index in [9.17, 15) is 13.2 Å². The first-order valence-electron chi connectivity index (χ1n) is 4.01. The van der Waals surface area contributed by atoms with Crippen molar-refractivity contribution in [3.05, 3.63) is 23.3 Å². The first-order chi connectivity index (χ1) is 6.40. The Morgan fingerprint density at radius 3 is 2.50 bits per heavy atom. The minimum Gasteiger partial charge on any atom is -0.325 e. The molecule has 0 atom stereocenters. The molecule has 78 valence electrons. The van der Waals surface area contributed by atoms with Gasteiger partial charge in [-0.25, -0.2) is 9.97 Å². The van der Waals surface area contributed by atoms with Gasteiger partial charge in [0.05, 0.1) is 5.69 Å². The van der Waals surface area contributed by atoms with E-state index in [2.05, 4.69) is 9.97 Å². The van der Waals surface area contributed by atoms with Gasteiger partial charge in [-0.05, 0) is 13.0 Å². The topological polar surface area (TPSA) is 51.8 Å². The van der Waals surface area contributed by atoms with Crippen LogP contribution >= 0.6 is 0 Å². The van der Waals surface area contributed by atoms with Gasteiger partial charge >= 0.3 is 6.18 Å². The van der Waals surface area contributed by atoms with Gasteiger partial charge in [-0.15, -0.1) is 0 Å². The number of nitrogens with two attached hydrogens (primary N) is 1. The molecule has 2 N–H and O–H groups in total. The number of nitrogens with zero attached hydrogens (tertiary/aromatic N) is 2. The Morgan fingerprint density at radius 2 is 2.00 bits per heavy atom. The average Bonchev–Trinajstić information content (AvgIpc) is 1.99. The maximum absolute atomic E-state index is 12.0. The predicted octanol–water partition coefficient (Wildman–Crippen LogP) is 1.35. The Hall–Kier alpha value is -1.17. The standard InChI is InChI=1S/C8H10F3N3/c1-5-2-6(4-12)14-7(13-5)3-8(9,10)11/h2H,3-4,12H2,1H3. The number of alkyl halides is 3. The minimum absolute atomic E-state index is 0.119.